The molecule has 1 fully saturated rings. The Balaban J connectivity index is 2.73. The maximum Gasteiger partial charge on any atom is 0.410 e. The van der Waals surface area contributed by atoms with Gasteiger partial charge in [-0.1, -0.05) is 0 Å². The van der Waals surface area contributed by atoms with Crippen molar-refractivity contribution >= 4 is 12.1 Å². The Labute approximate surface area is 120 Å². The van der Waals surface area contributed by atoms with Crippen molar-refractivity contribution in [3.05, 3.63) is 0 Å². The van der Waals surface area contributed by atoms with Crippen molar-refractivity contribution in [2.45, 2.75) is 52.2 Å². The van der Waals surface area contributed by atoms with Gasteiger partial charge in [-0.25, -0.2) is 4.79 Å². The summed E-state index contributed by atoms with van der Waals surface area (Å²) in [4.78, 5) is 25.4. The van der Waals surface area contributed by atoms with Crippen LogP contribution in [0.5, 0.6) is 0 Å². The quantitative estimate of drug-likeness (QED) is 0.780. The molecule has 0 saturated carbocycles. The molecule has 2 atom stereocenters. The monoisotopic (exact) mass is 287 g/mol. The average Bonchev–Trinajstić information content (AvgIpc) is 2.49. The summed E-state index contributed by atoms with van der Waals surface area (Å²) in [6.07, 6.45) is -0.124. The van der Waals surface area contributed by atoms with Crippen molar-refractivity contribution in [2.75, 3.05) is 19.7 Å². The molecule has 0 aromatic heterocycles. The van der Waals surface area contributed by atoms with Crippen LogP contribution in [0.1, 0.15) is 40.5 Å². The Bertz CT molecular complexity index is 350. The molecule has 0 aromatic rings. The minimum absolute atomic E-state index is 0.134. The molecule has 6 nitrogen and oxygen atoms in total. The van der Waals surface area contributed by atoms with Crippen molar-refractivity contribution in [1.29, 1.82) is 0 Å². The summed E-state index contributed by atoms with van der Waals surface area (Å²) < 4.78 is 10.3. The third kappa shape index (κ3) is 5.00. The molecule has 0 bridgehead atoms. The molecular formula is C14H25NO5. The fraction of sp³-hybridized carbons (Fsp3) is 0.857. The van der Waals surface area contributed by atoms with Crippen LogP contribution in [-0.2, 0) is 14.3 Å². The molecule has 1 heterocycles. The summed E-state index contributed by atoms with van der Waals surface area (Å²) in [5.41, 5.74) is -0.582. The zero-order chi connectivity index (χ0) is 15.3. The van der Waals surface area contributed by atoms with E-state index in [-0.39, 0.29) is 13.2 Å². The molecule has 0 aromatic carbocycles. The van der Waals surface area contributed by atoms with E-state index in [1.54, 1.807) is 27.7 Å². The second-order valence-electron chi connectivity index (χ2n) is 5.99. The number of aliphatic hydroxyl groups is 1. The van der Waals surface area contributed by atoms with E-state index in [0.717, 1.165) is 0 Å². The molecule has 6 heteroatoms. The lowest BCUT2D eigenvalue weighted by Crippen LogP contribution is -2.43. The molecule has 1 amide bonds. The molecule has 0 spiro atoms. The zero-order valence-electron chi connectivity index (χ0n) is 12.7. The molecule has 1 rings (SSSR count). The molecule has 0 radical (unpaired) electrons. The highest BCUT2D eigenvalue weighted by atomic mass is 16.6. The van der Waals surface area contributed by atoms with Gasteiger partial charge in [0.25, 0.3) is 0 Å². The molecule has 1 aliphatic heterocycles. The molecule has 0 unspecified atom stereocenters. The van der Waals surface area contributed by atoms with Crippen molar-refractivity contribution in [3.8, 4) is 0 Å². The van der Waals surface area contributed by atoms with Crippen molar-refractivity contribution < 1.29 is 24.2 Å². The summed E-state index contributed by atoms with van der Waals surface area (Å²) in [6, 6.07) is 0. The molecule has 1 aliphatic rings. The van der Waals surface area contributed by atoms with E-state index in [1.165, 1.54) is 4.90 Å². The topological polar surface area (TPSA) is 76.1 Å². The number of carbonyl (C=O) groups is 2. The highest BCUT2D eigenvalue weighted by molar-refractivity contribution is 5.75. The number of rotatable bonds is 2. The lowest BCUT2D eigenvalue weighted by atomic mass is 10.0. The normalized spacial score (nSPS) is 23.9. The van der Waals surface area contributed by atoms with Gasteiger partial charge in [-0.15, -0.1) is 0 Å². The molecule has 20 heavy (non-hydrogen) atoms. The Hall–Kier alpha value is -1.30. The smallest absolute Gasteiger partial charge is 0.410 e. The third-order valence-electron chi connectivity index (χ3n) is 3.05. The van der Waals surface area contributed by atoms with Gasteiger partial charge in [0.2, 0.25) is 0 Å². The third-order valence-corrected chi connectivity index (χ3v) is 3.05. The highest BCUT2D eigenvalue weighted by Crippen LogP contribution is 2.20. The van der Waals surface area contributed by atoms with Gasteiger partial charge < -0.3 is 19.5 Å². The van der Waals surface area contributed by atoms with Crippen molar-refractivity contribution in [3.63, 3.8) is 0 Å². The minimum Gasteiger partial charge on any atom is -0.466 e. The largest absolute Gasteiger partial charge is 0.466 e. The lowest BCUT2D eigenvalue weighted by Gasteiger charge is -2.28. The number of esters is 1. The Kier molecular flexibility index (Phi) is 5.80. The van der Waals surface area contributed by atoms with E-state index in [9.17, 15) is 14.7 Å². The second-order valence-corrected chi connectivity index (χ2v) is 5.99. The maximum absolute atomic E-state index is 12.1. The first-order valence-electron chi connectivity index (χ1n) is 7.07. The summed E-state index contributed by atoms with van der Waals surface area (Å²) in [5, 5.41) is 10.00. The van der Waals surface area contributed by atoms with Crippen LogP contribution in [0.25, 0.3) is 0 Å². The van der Waals surface area contributed by atoms with Gasteiger partial charge in [0.15, 0.2) is 0 Å². The van der Waals surface area contributed by atoms with E-state index < -0.39 is 29.7 Å². The first kappa shape index (κ1) is 16.8. The Morgan fingerprint density at radius 3 is 2.55 bits per heavy atom. The maximum atomic E-state index is 12.1. The summed E-state index contributed by atoms with van der Waals surface area (Å²) >= 11 is 0. The van der Waals surface area contributed by atoms with Gasteiger partial charge in [0.05, 0.1) is 12.7 Å². The number of aliphatic hydroxyl groups excluding tert-OH is 1. The van der Waals surface area contributed by atoms with Gasteiger partial charge in [-0.05, 0) is 40.5 Å². The number of ether oxygens (including phenoxy) is 2. The number of carbonyl (C=O) groups excluding carboxylic acids is 2. The van der Waals surface area contributed by atoms with Crippen LogP contribution in [0.3, 0.4) is 0 Å². The van der Waals surface area contributed by atoms with Crippen LogP contribution in [0.15, 0.2) is 0 Å². The SMILES string of the molecule is CCOC(=O)[C@@H]1CN(C(=O)OC(C)(C)C)CCC[C@@H]1O. The molecule has 1 saturated heterocycles. The average molecular weight is 287 g/mol. The molecule has 0 aliphatic carbocycles. The van der Waals surface area contributed by atoms with Crippen LogP contribution >= 0.6 is 0 Å². The van der Waals surface area contributed by atoms with E-state index in [4.69, 9.17) is 9.47 Å². The van der Waals surface area contributed by atoms with Gasteiger partial charge in [-0.3, -0.25) is 4.79 Å². The Morgan fingerprint density at radius 2 is 2.00 bits per heavy atom. The number of likely N-dealkylation sites (tertiary alicyclic amines) is 1. The summed E-state index contributed by atoms with van der Waals surface area (Å²) in [7, 11) is 0. The van der Waals surface area contributed by atoms with Crippen LogP contribution in [0, 0.1) is 5.92 Å². The first-order chi connectivity index (χ1) is 9.24. The van der Waals surface area contributed by atoms with E-state index >= 15 is 0 Å². The summed E-state index contributed by atoms with van der Waals surface area (Å²) in [6.45, 7) is 7.96. The first-order valence-corrected chi connectivity index (χ1v) is 7.07. The van der Waals surface area contributed by atoms with Crippen LogP contribution in [0.2, 0.25) is 0 Å². The minimum atomic E-state index is -0.776. The van der Waals surface area contributed by atoms with E-state index in [0.29, 0.717) is 19.4 Å². The van der Waals surface area contributed by atoms with Gasteiger partial charge in [0, 0.05) is 13.1 Å². The van der Waals surface area contributed by atoms with Crippen molar-refractivity contribution in [1.82, 2.24) is 4.90 Å². The van der Waals surface area contributed by atoms with Crippen LogP contribution in [-0.4, -0.2) is 53.5 Å². The predicted molar refractivity (Wildman–Crippen MR) is 73.2 cm³/mol. The van der Waals surface area contributed by atoms with Gasteiger partial charge >= 0.3 is 12.1 Å². The molecule has 116 valence electrons. The number of hydrogen-bond donors (Lipinski definition) is 1. The van der Waals surface area contributed by atoms with E-state index in [2.05, 4.69) is 0 Å². The summed E-state index contributed by atoms with van der Waals surface area (Å²) in [5.74, 6) is -1.17. The highest BCUT2D eigenvalue weighted by Gasteiger charge is 2.35. The lowest BCUT2D eigenvalue weighted by molar-refractivity contribution is -0.152. The fourth-order valence-corrected chi connectivity index (χ4v) is 2.12. The Morgan fingerprint density at radius 1 is 1.35 bits per heavy atom. The van der Waals surface area contributed by atoms with Crippen molar-refractivity contribution in [2.24, 2.45) is 5.92 Å². The number of nitrogens with zero attached hydrogens (tertiary/aromatic N) is 1. The van der Waals surface area contributed by atoms with Gasteiger partial charge in [0.1, 0.15) is 11.5 Å². The fourth-order valence-electron chi connectivity index (χ4n) is 2.12. The second kappa shape index (κ2) is 6.92. The predicted octanol–water partition coefficient (Wildman–Crippen LogP) is 1.56. The van der Waals surface area contributed by atoms with E-state index in [1.807, 2.05) is 0 Å². The van der Waals surface area contributed by atoms with Crippen LogP contribution < -0.4 is 0 Å². The standard InChI is InChI=1S/C14H25NO5/c1-5-19-12(17)10-9-15(8-6-7-11(10)16)13(18)20-14(2,3)4/h10-11,16H,5-9H2,1-4H3/t10-,11+/m1/s1. The molecular weight excluding hydrogens is 262 g/mol. The van der Waals surface area contributed by atoms with Gasteiger partial charge in [-0.2, -0.15) is 0 Å². The number of hydrogen-bond acceptors (Lipinski definition) is 5. The zero-order valence-corrected chi connectivity index (χ0v) is 12.7. The number of amides is 1. The van der Waals surface area contributed by atoms with Crippen LogP contribution in [0.4, 0.5) is 4.79 Å². The molecule has 1 N–H and O–H groups in total.